The molecule has 2 rings (SSSR count). The zero-order chi connectivity index (χ0) is 15.0. The molecule has 1 fully saturated rings. The number of hydrogen-bond acceptors (Lipinski definition) is 4. The predicted molar refractivity (Wildman–Crippen MR) is 74.7 cm³/mol. The molecule has 1 heterocycles. The van der Waals surface area contributed by atoms with Crippen molar-refractivity contribution in [2.75, 3.05) is 13.7 Å². The Morgan fingerprint density at radius 2 is 2.15 bits per heavy atom. The number of hydrogen-bond donors (Lipinski definition) is 0. The highest BCUT2D eigenvalue weighted by atomic mass is 16.6. The Balaban J connectivity index is 1.91. The van der Waals surface area contributed by atoms with Gasteiger partial charge < -0.3 is 14.4 Å². The average molecular weight is 281 g/mol. The van der Waals surface area contributed by atoms with Gasteiger partial charge in [-0.15, -0.1) is 0 Å². The molecule has 0 bridgehead atoms. The van der Waals surface area contributed by atoms with E-state index >= 15 is 0 Å². The van der Waals surface area contributed by atoms with Gasteiger partial charge in [-0.1, -0.05) is 0 Å². The summed E-state index contributed by atoms with van der Waals surface area (Å²) in [5.74, 6) is 0.719. The number of carbonyl (C=O) groups is 1. The Morgan fingerprint density at radius 3 is 2.60 bits per heavy atom. The van der Waals surface area contributed by atoms with Crippen LogP contribution in [0, 0.1) is 0 Å². The van der Waals surface area contributed by atoms with Crippen LogP contribution in [0.15, 0.2) is 12.4 Å². The molecule has 1 aliphatic carbocycles. The summed E-state index contributed by atoms with van der Waals surface area (Å²) in [6.45, 7) is 6.06. The summed E-state index contributed by atoms with van der Waals surface area (Å²) >= 11 is 0. The summed E-state index contributed by atoms with van der Waals surface area (Å²) in [6.07, 6.45) is 5.05. The minimum atomic E-state index is -0.481. The minimum Gasteiger partial charge on any atom is -0.488 e. The van der Waals surface area contributed by atoms with E-state index in [1.165, 1.54) is 0 Å². The molecule has 1 aromatic heterocycles. The third kappa shape index (κ3) is 3.43. The molecule has 20 heavy (non-hydrogen) atoms. The first-order valence-electron chi connectivity index (χ1n) is 6.80. The maximum atomic E-state index is 12.1. The van der Waals surface area contributed by atoms with E-state index in [1.54, 1.807) is 22.8 Å². The Kier molecular flexibility index (Phi) is 3.67. The molecule has 6 heteroatoms. The van der Waals surface area contributed by atoms with Crippen molar-refractivity contribution in [1.82, 2.24) is 14.7 Å². The van der Waals surface area contributed by atoms with Gasteiger partial charge in [-0.05, 0) is 33.6 Å². The van der Waals surface area contributed by atoms with Crippen LogP contribution in [0.1, 0.15) is 33.6 Å². The standard InChI is InChI=1S/C14H23N3O3/c1-13(2,3)20-12(18)17(5)14(6-7-14)10-19-11-8-15-16(4)9-11/h8-9H,6-7,10H2,1-5H3. The SMILES string of the molecule is CN(C(=O)OC(C)(C)C)C1(COc2cnn(C)c2)CC1. The molecule has 6 nitrogen and oxygen atoms in total. The quantitative estimate of drug-likeness (QED) is 0.849. The van der Waals surface area contributed by atoms with Crippen molar-refractivity contribution in [2.24, 2.45) is 7.05 Å². The van der Waals surface area contributed by atoms with Gasteiger partial charge in [0.25, 0.3) is 0 Å². The van der Waals surface area contributed by atoms with Gasteiger partial charge in [0.1, 0.15) is 12.2 Å². The van der Waals surface area contributed by atoms with Gasteiger partial charge in [0.05, 0.1) is 17.9 Å². The Labute approximate surface area is 119 Å². The van der Waals surface area contributed by atoms with Gasteiger partial charge >= 0.3 is 6.09 Å². The van der Waals surface area contributed by atoms with Gasteiger partial charge in [0.2, 0.25) is 0 Å². The van der Waals surface area contributed by atoms with Crippen LogP contribution in [-0.2, 0) is 11.8 Å². The highest BCUT2D eigenvalue weighted by molar-refractivity contribution is 5.69. The first-order valence-corrected chi connectivity index (χ1v) is 6.80. The smallest absolute Gasteiger partial charge is 0.410 e. The molecule has 0 aliphatic heterocycles. The fourth-order valence-electron chi connectivity index (χ4n) is 1.94. The summed E-state index contributed by atoms with van der Waals surface area (Å²) < 4.78 is 12.8. The lowest BCUT2D eigenvalue weighted by atomic mass is 10.2. The summed E-state index contributed by atoms with van der Waals surface area (Å²) in [5.41, 5.74) is -0.718. The molecule has 0 saturated heterocycles. The molecule has 1 aliphatic rings. The van der Waals surface area contributed by atoms with Crippen LogP contribution in [0.3, 0.4) is 0 Å². The maximum Gasteiger partial charge on any atom is 0.410 e. The van der Waals surface area contributed by atoms with Crippen molar-refractivity contribution in [1.29, 1.82) is 0 Å². The van der Waals surface area contributed by atoms with Gasteiger partial charge in [-0.2, -0.15) is 5.10 Å². The lowest BCUT2D eigenvalue weighted by molar-refractivity contribution is 0.0139. The lowest BCUT2D eigenvalue weighted by Crippen LogP contribution is -2.45. The molecule has 0 aromatic carbocycles. The van der Waals surface area contributed by atoms with Gasteiger partial charge in [-0.3, -0.25) is 4.68 Å². The molecule has 1 saturated carbocycles. The first kappa shape index (κ1) is 14.7. The molecule has 0 radical (unpaired) electrons. The topological polar surface area (TPSA) is 56.6 Å². The van der Waals surface area contributed by atoms with E-state index in [4.69, 9.17) is 9.47 Å². The molecule has 0 unspecified atom stereocenters. The average Bonchev–Trinajstić information content (AvgIpc) is 3.01. The monoisotopic (exact) mass is 281 g/mol. The number of rotatable bonds is 4. The lowest BCUT2D eigenvalue weighted by Gasteiger charge is -2.30. The van der Waals surface area contributed by atoms with E-state index in [9.17, 15) is 4.79 Å². The summed E-state index contributed by atoms with van der Waals surface area (Å²) in [7, 11) is 3.61. The van der Waals surface area contributed by atoms with Crippen LogP contribution in [0.25, 0.3) is 0 Å². The zero-order valence-corrected chi connectivity index (χ0v) is 12.8. The molecule has 0 spiro atoms. The van der Waals surface area contributed by atoms with E-state index in [0.717, 1.165) is 18.6 Å². The van der Waals surface area contributed by atoms with E-state index in [-0.39, 0.29) is 11.6 Å². The molecule has 0 N–H and O–H groups in total. The van der Waals surface area contributed by atoms with Crippen molar-refractivity contribution in [3.8, 4) is 5.75 Å². The van der Waals surface area contributed by atoms with E-state index in [0.29, 0.717) is 6.61 Å². The summed E-state index contributed by atoms with van der Waals surface area (Å²) in [6, 6.07) is 0. The van der Waals surface area contributed by atoms with Crippen molar-refractivity contribution in [2.45, 2.75) is 44.8 Å². The third-order valence-electron chi connectivity index (χ3n) is 3.39. The predicted octanol–water partition coefficient (Wildman–Crippen LogP) is 2.20. The van der Waals surface area contributed by atoms with Crippen molar-refractivity contribution < 1.29 is 14.3 Å². The Morgan fingerprint density at radius 1 is 1.50 bits per heavy atom. The van der Waals surface area contributed by atoms with Gasteiger partial charge in [0.15, 0.2) is 5.75 Å². The summed E-state index contributed by atoms with van der Waals surface area (Å²) in [4.78, 5) is 13.8. The molecule has 1 amide bonds. The second-order valence-electron chi connectivity index (χ2n) is 6.40. The normalized spacial score (nSPS) is 16.6. The van der Waals surface area contributed by atoms with Crippen molar-refractivity contribution >= 4 is 6.09 Å². The molecule has 112 valence electrons. The van der Waals surface area contributed by atoms with Crippen molar-refractivity contribution in [3.63, 3.8) is 0 Å². The maximum absolute atomic E-state index is 12.1. The number of ether oxygens (including phenoxy) is 2. The van der Waals surface area contributed by atoms with E-state index in [2.05, 4.69) is 5.10 Å². The van der Waals surface area contributed by atoms with Gasteiger partial charge in [0, 0.05) is 14.1 Å². The second-order valence-corrected chi connectivity index (χ2v) is 6.40. The third-order valence-corrected chi connectivity index (χ3v) is 3.39. The molecule has 0 atom stereocenters. The van der Waals surface area contributed by atoms with Crippen molar-refractivity contribution in [3.05, 3.63) is 12.4 Å². The van der Waals surface area contributed by atoms with Gasteiger partial charge in [-0.25, -0.2) is 4.79 Å². The fourth-order valence-corrected chi connectivity index (χ4v) is 1.94. The highest BCUT2D eigenvalue weighted by Gasteiger charge is 2.50. The van der Waals surface area contributed by atoms with Crippen LogP contribution in [0.2, 0.25) is 0 Å². The number of amides is 1. The number of nitrogens with zero attached hydrogens (tertiary/aromatic N) is 3. The number of likely N-dealkylation sites (N-methyl/N-ethyl adjacent to an activating group) is 1. The van der Waals surface area contributed by atoms with Crippen LogP contribution in [-0.4, -0.2) is 45.6 Å². The second kappa shape index (κ2) is 5.00. The number of aromatic nitrogens is 2. The summed E-state index contributed by atoms with van der Waals surface area (Å²) in [5, 5.41) is 4.05. The highest BCUT2D eigenvalue weighted by Crippen LogP contribution is 2.41. The van der Waals surface area contributed by atoms with Crippen LogP contribution >= 0.6 is 0 Å². The van der Waals surface area contributed by atoms with E-state index in [1.807, 2.05) is 34.0 Å². The zero-order valence-electron chi connectivity index (χ0n) is 12.8. The van der Waals surface area contributed by atoms with E-state index < -0.39 is 5.60 Å². The van der Waals surface area contributed by atoms with Crippen LogP contribution in [0.4, 0.5) is 4.79 Å². The Bertz CT molecular complexity index is 486. The fraction of sp³-hybridized carbons (Fsp3) is 0.714. The molecular formula is C14H23N3O3. The number of aryl methyl sites for hydroxylation is 1. The largest absolute Gasteiger partial charge is 0.488 e. The minimum absolute atomic E-state index is 0.238. The number of carbonyl (C=O) groups excluding carboxylic acids is 1. The van der Waals surface area contributed by atoms with Crippen LogP contribution in [0.5, 0.6) is 5.75 Å². The molecular weight excluding hydrogens is 258 g/mol. The molecule has 1 aromatic rings. The Hall–Kier alpha value is -1.72. The van der Waals surface area contributed by atoms with Crippen LogP contribution < -0.4 is 4.74 Å². The first-order chi connectivity index (χ1) is 9.22.